The van der Waals surface area contributed by atoms with E-state index < -0.39 is 6.04 Å². The second kappa shape index (κ2) is 7.85. The van der Waals surface area contributed by atoms with Gasteiger partial charge in [-0.1, -0.05) is 18.3 Å². The van der Waals surface area contributed by atoms with Gasteiger partial charge in [0.05, 0.1) is 5.71 Å². The van der Waals surface area contributed by atoms with E-state index in [1.54, 1.807) is 7.05 Å². The van der Waals surface area contributed by atoms with E-state index in [1.807, 2.05) is 30.4 Å². The first kappa shape index (κ1) is 20.0. The van der Waals surface area contributed by atoms with Crippen molar-refractivity contribution in [1.29, 1.82) is 0 Å². The molecular weight excluding hydrogens is 370 g/mol. The molecule has 0 bridgehead atoms. The largest absolute Gasteiger partial charge is 0.416 e. The van der Waals surface area contributed by atoms with Crippen molar-refractivity contribution in [3.8, 4) is 0 Å². The third kappa shape index (κ3) is 3.35. The maximum absolute atomic E-state index is 13.2. The highest BCUT2D eigenvalue weighted by molar-refractivity contribution is 6.23. The van der Waals surface area contributed by atoms with Crippen LogP contribution in [-0.4, -0.2) is 106 Å². The molecule has 2 fully saturated rings. The van der Waals surface area contributed by atoms with Crippen LogP contribution in [0, 0.1) is 0 Å². The zero-order valence-electron chi connectivity index (χ0n) is 18.0. The minimum absolute atomic E-state index is 0.0449. The second-order valence-corrected chi connectivity index (χ2v) is 8.35. The number of amidine groups is 1. The lowest BCUT2D eigenvalue weighted by Crippen LogP contribution is -2.64. The number of likely N-dealkylation sites (tertiary alicyclic amines) is 1. The lowest BCUT2D eigenvalue weighted by molar-refractivity contribution is -0.559. The number of urea groups is 1. The molecule has 0 aromatic rings. The summed E-state index contributed by atoms with van der Waals surface area (Å²) in [7, 11) is 1.71. The third-order valence-corrected chi connectivity index (χ3v) is 6.38. The number of carbonyl (C=O) groups is 2. The van der Waals surface area contributed by atoms with Crippen molar-refractivity contribution in [2.75, 3.05) is 39.8 Å². The molecule has 29 heavy (non-hydrogen) atoms. The van der Waals surface area contributed by atoms with Gasteiger partial charge in [-0.05, 0) is 46.2 Å². The molecule has 0 N–H and O–H groups in total. The van der Waals surface area contributed by atoms with Crippen molar-refractivity contribution in [1.82, 2.24) is 19.7 Å². The van der Waals surface area contributed by atoms with Crippen LogP contribution >= 0.6 is 0 Å². The molecule has 9 heteroatoms. The predicted octanol–water partition coefficient (Wildman–Crippen LogP) is 1.01. The van der Waals surface area contributed by atoms with Gasteiger partial charge in [-0.25, -0.2) is 9.37 Å². The Hall–Kier alpha value is -2.29. The number of carbonyl (C=O) groups excluding carboxylic acids is 2. The number of amides is 3. The van der Waals surface area contributed by atoms with Crippen molar-refractivity contribution in [3.05, 3.63) is 0 Å². The first-order valence-corrected chi connectivity index (χ1v) is 10.8. The second-order valence-electron chi connectivity index (χ2n) is 8.35. The summed E-state index contributed by atoms with van der Waals surface area (Å²) in [6.45, 7) is 10.4. The smallest absolute Gasteiger partial charge is 0.300 e. The molecule has 2 saturated heterocycles. The molecule has 0 aromatic carbocycles. The Kier molecular flexibility index (Phi) is 5.42. The molecule has 0 spiro atoms. The summed E-state index contributed by atoms with van der Waals surface area (Å²) in [5.41, 5.74) is 0.957. The lowest BCUT2D eigenvalue weighted by Gasteiger charge is -2.35. The Morgan fingerprint density at radius 3 is 2.52 bits per heavy atom. The molecule has 0 aromatic heterocycles. The topological polar surface area (TPSA) is 74.8 Å². The Balaban J connectivity index is 1.62. The number of hydrogen-bond acceptors (Lipinski definition) is 6. The fourth-order valence-electron chi connectivity index (χ4n) is 4.58. The molecule has 2 atom stereocenters. The number of aliphatic imine (C=N–C) groups is 1. The predicted molar refractivity (Wildman–Crippen MR) is 111 cm³/mol. The van der Waals surface area contributed by atoms with Crippen LogP contribution < -0.4 is 0 Å². The average molecular weight is 403 g/mol. The van der Waals surface area contributed by atoms with Crippen LogP contribution in [0.1, 0.15) is 46.5 Å². The lowest BCUT2D eigenvalue weighted by atomic mass is 10.1. The Morgan fingerprint density at radius 2 is 1.83 bits per heavy atom. The highest BCUT2D eigenvalue weighted by Gasteiger charge is 2.55. The number of hydrazone groups is 1. The monoisotopic (exact) mass is 402 g/mol. The van der Waals surface area contributed by atoms with Crippen molar-refractivity contribution >= 4 is 29.4 Å². The fraction of sp³-hybridized carbons (Fsp3) is 0.750. The number of piperidine rings is 1. The summed E-state index contributed by atoms with van der Waals surface area (Å²) >= 11 is 0. The van der Waals surface area contributed by atoms with Crippen LogP contribution in [0.25, 0.3) is 0 Å². The number of fused-ring (bicyclic) bond motifs is 2. The van der Waals surface area contributed by atoms with Crippen LogP contribution in [0.2, 0.25) is 0 Å². The van der Waals surface area contributed by atoms with Crippen LogP contribution in [0.3, 0.4) is 0 Å². The molecular formula is C20H32N7O2+. The molecule has 4 rings (SSSR count). The number of rotatable bonds is 5. The Bertz CT molecular complexity index is 797. The standard InChI is InChI=1S/C20H32N7O2/c1-5-9-25-18(28)16-17(23(4)20(25)29)21-19-26(22-14(2)15(3)27(16)19)13-12-24-10-7-6-8-11-24/h15-16H,5-13H2,1-4H3/q+1. The zero-order valence-corrected chi connectivity index (χ0v) is 18.0. The van der Waals surface area contributed by atoms with Gasteiger partial charge >= 0.3 is 12.0 Å². The average Bonchev–Trinajstić information content (AvgIpc) is 3.13. The van der Waals surface area contributed by atoms with Gasteiger partial charge in [0.2, 0.25) is 11.9 Å². The SMILES string of the molecule is CCCN1C(=O)C2C(=NC3=[N+]2C(C)C(C)=NN3CCN2CCCCC2)N(C)C1=O. The van der Waals surface area contributed by atoms with Gasteiger partial charge in [-0.2, -0.15) is 0 Å². The van der Waals surface area contributed by atoms with E-state index in [9.17, 15) is 9.59 Å². The maximum atomic E-state index is 13.2. The molecule has 3 amide bonds. The quantitative estimate of drug-likeness (QED) is 0.643. The van der Waals surface area contributed by atoms with Crippen LogP contribution in [0.5, 0.6) is 0 Å². The minimum Gasteiger partial charge on any atom is -0.300 e. The summed E-state index contributed by atoms with van der Waals surface area (Å²) < 4.78 is 2.04. The first-order chi connectivity index (χ1) is 13.9. The summed E-state index contributed by atoms with van der Waals surface area (Å²) in [6.07, 6.45) is 4.55. The Labute approximate surface area is 172 Å². The van der Waals surface area contributed by atoms with Crippen LogP contribution in [-0.2, 0) is 4.79 Å². The molecule has 2 unspecified atom stereocenters. The van der Waals surface area contributed by atoms with Gasteiger partial charge < -0.3 is 4.90 Å². The van der Waals surface area contributed by atoms with E-state index in [1.165, 1.54) is 29.1 Å². The van der Waals surface area contributed by atoms with Gasteiger partial charge in [0, 0.05) is 20.1 Å². The van der Waals surface area contributed by atoms with Gasteiger partial charge in [-0.15, -0.1) is 10.1 Å². The molecule has 4 aliphatic heterocycles. The van der Waals surface area contributed by atoms with Crippen molar-refractivity contribution in [2.24, 2.45) is 10.1 Å². The molecule has 0 radical (unpaired) electrons. The minimum atomic E-state index is -0.558. The molecule has 0 saturated carbocycles. The van der Waals surface area contributed by atoms with E-state index in [2.05, 4.69) is 4.90 Å². The molecule has 158 valence electrons. The summed E-state index contributed by atoms with van der Waals surface area (Å²) in [4.78, 5) is 36.1. The van der Waals surface area contributed by atoms with Crippen molar-refractivity contribution in [2.45, 2.75) is 58.5 Å². The number of nitrogens with zero attached hydrogens (tertiary/aromatic N) is 7. The van der Waals surface area contributed by atoms with E-state index in [4.69, 9.17) is 10.1 Å². The zero-order chi connectivity index (χ0) is 20.7. The molecule has 0 aliphatic carbocycles. The highest BCUT2D eigenvalue weighted by Crippen LogP contribution is 2.25. The summed E-state index contributed by atoms with van der Waals surface area (Å²) in [6, 6.07) is -0.897. The number of likely N-dealkylation sites (N-methyl/N-ethyl adjacent to an activating group) is 1. The summed E-state index contributed by atoms with van der Waals surface area (Å²) in [5, 5.41) is 6.70. The van der Waals surface area contributed by atoms with E-state index in [0.717, 1.165) is 38.3 Å². The van der Waals surface area contributed by atoms with E-state index >= 15 is 0 Å². The van der Waals surface area contributed by atoms with Gasteiger partial charge in [0.15, 0.2) is 0 Å². The number of hydrogen-bond donors (Lipinski definition) is 0. The van der Waals surface area contributed by atoms with E-state index in [-0.39, 0.29) is 18.0 Å². The molecule has 9 nitrogen and oxygen atoms in total. The van der Waals surface area contributed by atoms with Crippen LogP contribution in [0.4, 0.5) is 4.79 Å². The molecule has 4 aliphatic rings. The van der Waals surface area contributed by atoms with E-state index in [0.29, 0.717) is 18.3 Å². The van der Waals surface area contributed by atoms with Crippen molar-refractivity contribution < 1.29 is 14.2 Å². The molecule has 4 heterocycles. The van der Waals surface area contributed by atoms with Crippen LogP contribution in [0.15, 0.2) is 10.1 Å². The maximum Gasteiger partial charge on any atom is 0.416 e. The van der Waals surface area contributed by atoms with Gasteiger partial charge in [-0.3, -0.25) is 14.6 Å². The fourth-order valence-corrected chi connectivity index (χ4v) is 4.58. The Morgan fingerprint density at radius 1 is 1.10 bits per heavy atom. The normalized spacial score (nSPS) is 27.9. The first-order valence-electron chi connectivity index (χ1n) is 10.8. The number of guanidine groups is 1. The van der Waals surface area contributed by atoms with Gasteiger partial charge in [0.25, 0.3) is 5.91 Å². The van der Waals surface area contributed by atoms with Gasteiger partial charge in [0.1, 0.15) is 12.6 Å². The summed E-state index contributed by atoms with van der Waals surface area (Å²) in [5.74, 6) is 1.02. The third-order valence-electron chi connectivity index (χ3n) is 6.38. The number of imide groups is 1. The van der Waals surface area contributed by atoms with Crippen molar-refractivity contribution in [3.63, 3.8) is 0 Å². The highest BCUT2D eigenvalue weighted by atomic mass is 16.2.